The molecule has 0 aliphatic rings. The monoisotopic (exact) mass is 442 g/mol. The van der Waals surface area contributed by atoms with E-state index in [0.29, 0.717) is 0 Å². The van der Waals surface area contributed by atoms with Crippen molar-refractivity contribution in [2.24, 2.45) is 0 Å². The molecule has 12 heteroatoms. The van der Waals surface area contributed by atoms with Gasteiger partial charge in [-0.3, -0.25) is 18.2 Å². The second-order valence-electron chi connectivity index (χ2n) is 5.43. The van der Waals surface area contributed by atoms with Crippen molar-refractivity contribution in [3.63, 3.8) is 0 Å². The summed E-state index contributed by atoms with van der Waals surface area (Å²) >= 11 is 0. The first-order valence-corrected chi connectivity index (χ1v) is 11.1. The Bertz CT molecular complexity index is 384. The molecule has 0 amide bonds. The Labute approximate surface area is 204 Å². The van der Waals surface area contributed by atoms with Crippen LogP contribution in [0.4, 0.5) is 0 Å². The van der Waals surface area contributed by atoms with E-state index < -0.39 is 20.8 Å². The van der Waals surface area contributed by atoms with Gasteiger partial charge >= 0.3 is 79.9 Å². The van der Waals surface area contributed by atoms with Crippen LogP contribution in [0.5, 0.6) is 0 Å². The molecular formula is C14H36Na2O8S2. The van der Waals surface area contributed by atoms with E-state index in [9.17, 15) is 0 Å². The number of hydrogen-bond acceptors (Lipinski definition) is 4. The third kappa shape index (κ3) is 97.1. The number of unbranched alkanes of at least 4 members (excludes halogenated alkanes) is 11. The van der Waals surface area contributed by atoms with Crippen molar-refractivity contribution < 1.29 is 35.0 Å². The van der Waals surface area contributed by atoms with E-state index in [4.69, 9.17) is 35.0 Å². The van der Waals surface area contributed by atoms with Crippen LogP contribution in [0.2, 0.25) is 0 Å². The summed E-state index contributed by atoms with van der Waals surface area (Å²) in [6.07, 6.45) is 17.4. The molecule has 0 atom stereocenters. The van der Waals surface area contributed by atoms with Gasteiger partial charge < -0.3 is 0 Å². The summed E-state index contributed by atoms with van der Waals surface area (Å²) in [6, 6.07) is 0. The van der Waals surface area contributed by atoms with Gasteiger partial charge in [-0.25, -0.2) is 0 Å². The molecule has 0 aromatic rings. The van der Waals surface area contributed by atoms with Crippen LogP contribution in [0.3, 0.4) is 0 Å². The van der Waals surface area contributed by atoms with Crippen LogP contribution in [0.15, 0.2) is 0 Å². The molecule has 0 aliphatic heterocycles. The Balaban J connectivity index is -0.000000102. The van der Waals surface area contributed by atoms with Crippen LogP contribution in [-0.2, 0) is 20.8 Å². The molecule has 0 saturated heterocycles. The Kier molecular flexibility index (Phi) is 39.4. The fourth-order valence-electron chi connectivity index (χ4n) is 1.91. The summed E-state index contributed by atoms with van der Waals surface area (Å²) in [4.78, 5) is 0. The summed E-state index contributed by atoms with van der Waals surface area (Å²) in [6.45, 7) is 4.57. The number of hydrogen-bond donors (Lipinski definition) is 4. The average molecular weight is 443 g/mol. The van der Waals surface area contributed by atoms with Gasteiger partial charge in [0, 0.05) is 0 Å². The van der Waals surface area contributed by atoms with Gasteiger partial charge in [-0.2, -0.15) is 16.8 Å². The molecule has 0 saturated carbocycles. The quantitative estimate of drug-likeness (QED) is 0.217. The van der Waals surface area contributed by atoms with Crippen molar-refractivity contribution in [3.8, 4) is 0 Å². The van der Waals surface area contributed by atoms with Gasteiger partial charge in [0.1, 0.15) is 0 Å². The zero-order valence-electron chi connectivity index (χ0n) is 14.7. The van der Waals surface area contributed by atoms with Crippen molar-refractivity contribution in [3.05, 3.63) is 0 Å². The summed E-state index contributed by atoms with van der Waals surface area (Å²) in [5.74, 6) is 0. The first kappa shape index (κ1) is 38.4. The summed E-state index contributed by atoms with van der Waals surface area (Å²) in [7, 11) is -9.33. The second kappa shape index (κ2) is 26.7. The van der Waals surface area contributed by atoms with Crippen molar-refractivity contribution in [1.82, 2.24) is 0 Å². The average Bonchev–Trinajstić information content (AvgIpc) is 2.37. The minimum atomic E-state index is -4.67. The summed E-state index contributed by atoms with van der Waals surface area (Å²) < 4.78 is 63.2. The summed E-state index contributed by atoms with van der Waals surface area (Å²) in [5, 5.41) is 0. The zero-order valence-corrected chi connectivity index (χ0v) is 16.4. The molecule has 8 nitrogen and oxygen atoms in total. The van der Waals surface area contributed by atoms with E-state index in [1.54, 1.807) is 0 Å². The Hall–Kier alpha value is 1.74. The Morgan fingerprint density at radius 3 is 0.692 bits per heavy atom. The first-order valence-electron chi connectivity index (χ1n) is 8.31. The second-order valence-corrected chi connectivity index (χ2v) is 7.22. The molecule has 0 aromatic carbocycles. The molecule has 0 rings (SSSR count). The fourth-order valence-corrected chi connectivity index (χ4v) is 1.91. The van der Waals surface area contributed by atoms with E-state index in [0.717, 1.165) is 0 Å². The first-order chi connectivity index (χ1) is 10.9. The molecule has 0 radical (unpaired) electrons. The van der Waals surface area contributed by atoms with Crippen LogP contribution in [0.1, 0.15) is 90.9 Å². The van der Waals surface area contributed by atoms with E-state index >= 15 is 0 Å². The van der Waals surface area contributed by atoms with Gasteiger partial charge in [0.25, 0.3) is 0 Å². The van der Waals surface area contributed by atoms with Gasteiger partial charge in [-0.15, -0.1) is 0 Å². The van der Waals surface area contributed by atoms with Crippen LogP contribution >= 0.6 is 0 Å². The molecular weight excluding hydrogens is 406 g/mol. The molecule has 0 aromatic heterocycles. The molecule has 0 spiro atoms. The summed E-state index contributed by atoms with van der Waals surface area (Å²) in [5.41, 5.74) is 0. The standard InChI is InChI=1S/C14H30.2Na.2H2O4S.2H/c1-3-5-7-9-11-13-14-12-10-8-6-4-2;;;2*1-5(2,3)4;;/h3-14H2,1-2H3;;;2*(H2,1,2,3,4);;. The van der Waals surface area contributed by atoms with Gasteiger partial charge in [0.15, 0.2) is 0 Å². The normalized spacial score (nSPS) is 10.2. The van der Waals surface area contributed by atoms with Gasteiger partial charge in [0.05, 0.1) is 0 Å². The fraction of sp³-hybridized carbons (Fsp3) is 1.00. The maximum absolute atomic E-state index is 8.74. The van der Waals surface area contributed by atoms with Crippen molar-refractivity contribution >= 4 is 79.9 Å². The molecule has 4 N–H and O–H groups in total. The molecule has 0 heterocycles. The van der Waals surface area contributed by atoms with Gasteiger partial charge in [0.2, 0.25) is 0 Å². The molecule has 0 aliphatic carbocycles. The predicted molar refractivity (Wildman–Crippen MR) is 109 cm³/mol. The molecule has 154 valence electrons. The predicted octanol–water partition coefficient (Wildman–Crippen LogP) is 3.10. The SMILES string of the molecule is CCCCCCCCCCCCCC.O=S(=O)(O)O.O=S(=O)(O)O.[NaH].[NaH]. The maximum atomic E-state index is 8.74. The van der Waals surface area contributed by atoms with Crippen molar-refractivity contribution in [2.45, 2.75) is 90.9 Å². The van der Waals surface area contributed by atoms with Gasteiger partial charge in [-0.1, -0.05) is 90.9 Å². The van der Waals surface area contributed by atoms with Crippen molar-refractivity contribution in [2.75, 3.05) is 0 Å². The van der Waals surface area contributed by atoms with E-state index in [-0.39, 0.29) is 59.1 Å². The Morgan fingerprint density at radius 1 is 0.462 bits per heavy atom. The van der Waals surface area contributed by atoms with Crippen molar-refractivity contribution in [1.29, 1.82) is 0 Å². The molecule has 0 bridgehead atoms. The van der Waals surface area contributed by atoms with Crippen LogP contribution < -0.4 is 0 Å². The molecule has 26 heavy (non-hydrogen) atoms. The Morgan fingerprint density at radius 2 is 0.577 bits per heavy atom. The molecule has 0 fully saturated rings. The zero-order chi connectivity index (χ0) is 19.5. The van der Waals surface area contributed by atoms with E-state index in [1.807, 2.05) is 0 Å². The van der Waals surface area contributed by atoms with E-state index in [1.165, 1.54) is 77.0 Å². The molecule has 0 unspecified atom stereocenters. The topological polar surface area (TPSA) is 149 Å². The van der Waals surface area contributed by atoms with Crippen LogP contribution in [0, 0.1) is 0 Å². The van der Waals surface area contributed by atoms with Gasteiger partial charge in [-0.05, 0) is 0 Å². The minimum absolute atomic E-state index is 0. The van der Waals surface area contributed by atoms with E-state index in [2.05, 4.69) is 13.8 Å². The third-order valence-electron chi connectivity index (χ3n) is 2.96. The number of rotatable bonds is 11. The van der Waals surface area contributed by atoms with Crippen LogP contribution in [0.25, 0.3) is 0 Å². The van der Waals surface area contributed by atoms with Crippen LogP contribution in [-0.4, -0.2) is 94.2 Å². The third-order valence-corrected chi connectivity index (χ3v) is 2.96.